The average Bonchev–Trinajstić information content (AvgIpc) is 1.63. The number of quaternary nitrogens is 1. The molecular formula is C6H13N. The lowest BCUT2D eigenvalue weighted by Gasteiger charge is -2.57. The molecule has 1 saturated heterocycles. The van der Waals surface area contributed by atoms with Crippen molar-refractivity contribution < 1.29 is 4.48 Å². The molecule has 1 aliphatic heterocycles. The molecule has 7 heavy (non-hydrogen) atoms. The van der Waals surface area contributed by atoms with E-state index in [0.717, 1.165) is 4.48 Å². The van der Waals surface area contributed by atoms with Crippen molar-refractivity contribution >= 4 is 0 Å². The molecule has 1 aliphatic rings. The molecule has 0 saturated carbocycles. The molecule has 1 fully saturated rings. The molecule has 1 nitrogen and oxygen atoms in total. The maximum atomic E-state index is 2.25. The predicted octanol–water partition coefficient (Wildman–Crippen LogP) is 1.02. The van der Waals surface area contributed by atoms with Gasteiger partial charge in [0.25, 0.3) is 0 Å². The summed E-state index contributed by atoms with van der Waals surface area (Å²) >= 11 is 0. The molecule has 0 aliphatic carbocycles. The van der Waals surface area contributed by atoms with Gasteiger partial charge in [-0.25, -0.2) is 0 Å². The molecule has 1 heterocycles. The maximum absolute atomic E-state index is 2.25. The van der Waals surface area contributed by atoms with Crippen LogP contribution in [0, 0.1) is 6.04 Å². The Hall–Kier alpha value is -0.0400. The van der Waals surface area contributed by atoms with E-state index in [9.17, 15) is 0 Å². The van der Waals surface area contributed by atoms with Gasteiger partial charge in [0.05, 0.1) is 0 Å². The minimum absolute atomic E-state index is 1.15. The normalized spacial score (nSPS) is 29.6. The first-order chi connectivity index (χ1) is 3.13. The van der Waals surface area contributed by atoms with Crippen LogP contribution in [0.25, 0.3) is 0 Å². The van der Waals surface area contributed by atoms with Gasteiger partial charge in [-0.2, -0.15) is 0 Å². The van der Waals surface area contributed by atoms with Gasteiger partial charge >= 0.3 is 0 Å². The Bertz CT molecular complexity index is 76.2. The summed E-state index contributed by atoms with van der Waals surface area (Å²) in [6.07, 6.45) is 1.34. The van der Waals surface area contributed by atoms with Crippen LogP contribution in [0.4, 0.5) is 0 Å². The molecule has 42 valence electrons. The maximum Gasteiger partial charge on any atom is 0.0439 e. The Morgan fingerprint density at radius 2 is 1.86 bits per heavy atom. The van der Waals surface area contributed by atoms with E-state index in [2.05, 4.69) is 21.0 Å². The third-order valence-electron chi connectivity index (χ3n) is 2.07. The van der Waals surface area contributed by atoms with Gasteiger partial charge in [-0.3, -0.25) is 0 Å². The van der Waals surface area contributed by atoms with Crippen molar-refractivity contribution in [3.63, 3.8) is 0 Å². The zero-order valence-electron chi connectivity index (χ0n) is 5.36. The van der Waals surface area contributed by atoms with Crippen LogP contribution in [0.1, 0.15) is 13.3 Å². The van der Waals surface area contributed by atoms with Crippen LogP contribution >= 0.6 is 0 Å². The Kier molecular flexibility index (Phi) is 0.890. The van der Waals surface area contributed by atoms with Crippen molar-refractivity contribution in [1.29, 1.82) is 0 Å². The number of hydrogen-bond acceptors (Lipinski definition) is 0. The molecule has 1 rings (SSSR count). The lowest BCUT2D eigenvalue weighted by molar-refractivity contribution is -0.913. The van der Waals surface area contributed by atoms with Crippen molar-refractivity contribution in [3.8, 4) is 0 Å². The zero-order valence-corrected chi connectivity index (χ0v) is 5.36. The first-order valence-electron chi connectivity index (χ1n) is 2.79. The molecule has 0 N–H and O–H groups in total. The Morgan fingerprint density at radius 3 is 1.86 bits per heavy atom. The van der Waals surface area contributed by atoms with Gasteiger partial charge < -0.3 is 4.48 Å². The van der Waals surface area contributed by atoms with E-state index in [0.29, 0.717) is 0 Å². The van der Waals surface area contributed by atoms with Gasteiger partial charge in [0.1, 0.15) is 0 Å². The second-order valence-electron chi connectivity index (χ2n) is 2.89. The topological polar surface area (TPSA) is 0 Å². The van der Waals surface area contributed by atoms with E-state index in [1.54, 1.807) is 6.04 Å². The molecule has 1 heteroatoms. The smallest absolute Gasteiger partial charge is 0.0439 e. The van der Waals surface area contributed by atoms with Crippen LogP contribution in [0.15, 0.2) is 0 Å². The molecule has 0 atom stereocenters. The Morgan fingerprint density at radius 1 is 1.43 bits per heavy atom. The first kappa shape index (κ1) is 5.10. The molecule has 0 spiro atoms. The molecule has 0 aromatic carbocycles. The van der Waals surface area contributed by atoms with Crippen molar-refractivity contribution in [2.45, 2.75) is 13.3 Å². The average molecular weight is 99.2 g/mol. The standard InChI is InChI=1S/C6H13N/c1-6-4-5-7(6,2)3/h4-5H2,1-3H3. The number of likely N-dealkylation sites (tertiary alicyclic amines) is 1. The van der Waals surface area contributed by atoms with E-state index >= 15 is 0 Å². The van der Waals surface area contributed by atoms with Crippen LogP contribution in [0.2, 0.25) is 0 Å². The Labute approximate surface area is 45.5 Å². The predicted molar refractivity (Wildman–Crippen MR) is 30.5 cm³/mol. The molecular weight excluding hydrogens is 86.1 g/mol. The second-order valence-corrected chi connectivity index (χ2v) is 2.89. The summed E-state index contributed by atoms with van der Waals surface area (Å²) in [6.45, 7) is 3.56. The molecule has 0 radical (unpaired) electrons. The largest absolute Gasteiger partial charge is 0.459 e. The highest BCUT2D eigenvalue weighted by Crippen LogP contribution is 2.28. The van der Waals surface area contributed by atoms with Crippen LogP contribution in [-0.4, -0.2) is 25.1 Å². The highest BCUT2D eigenvalue weighted by Gasteiger charge is 2.21. The third kappa shape index (κ3) is 0.653. The summed E-state index contributed by atoms with van der Waals surface area (Å²) in [5, 5.41) is 0. The molecule has 0 bridgehead atoms. The third-order valence-corrected chi connectivity index (χ3v) is 2.07. The summed E-state index contributed by atoms with van der Waals surface area (Å²) in [5.74, 6) is 0. The summed E-state index contributed by atoms with van der Waals surface area (Å²) in [6, 6.07) is 1.61. The molecule has 0 aromatic heterocycles. The summed E-state index contributed by atoms with van der Waals surface area (Å²) < 4.78 is 1.15. The van der Waals surface area contributed by atoms with Crippen LogP contribution < -0.4 is 0 Å². The fourth-order valence-electron chi connectivity index (χ4n) is 0.783. The lowest BCUT2D eigenvalue weighted by Crippen LogP contribution is -2.52. The van der Waals surface area contributed by atoms with Gasteiger partial charge in [0, 0.05) is 20.6 Å². The van der Waals surface area contributed by atoms with Crippen molar-refractivity contribution in [3.05, 3.63) is 6.04 Å². The summed E-state index contributed by atoms with van der Waals surface area (Å²) in [7, 11) is 4.50. The fraction of sp³-hybridized carbons (Fsp3) is 0.833. The molecule has 0 amide bonds. The zero-order chi connectivity index (χ0) is 5.49. The monoisotopic (exact) mass is 99.1 g/mol. The second kappa shape index (κ2) is 1.22. The fourth-order valence-corrected chi connectivity index (χ4v) is 0.783. The van der Waals surface area contributed by atoms with E-state index in [1.807, 2.05) is 0 Å². The van der Waals surface area contributed by atoms with E-state index in [-0.39, 0.29) is 0 Å². The Balaban J connectivity index is 2.43. The van der Waals surface area contributed by atoms with Crippen molar-refractivity contribution in [2.24, 2.45) is 0 Å². The van der Waals surface area contributed by atoms with Crippen molar-refractivity contribution in [2.75, 3.05) is 20.6 Å². The van der Waals surface area contributed by atoms with E-state index in [4.69, 9.17) is 0 Å². The molecule has 0 aromatic rings. The number of hydrogen-bond donors (Lipinski definition) is 0. The quantitative estimate of drug-likeness (QED) is 0.314. The highest BCUT2D eigenvalue weighted by molar-refractivity contribution is 4.79. The summed E-state index contributed by atoms with van der Waals surface area (Å²) in [4.78, 5) is 0. The first-order valence-corrected chi connectivity index (χ1v) is 2.79. The molecule has 0 unspecified atom stereocenters. The van der Waals surface area contributed by atoms with E-state index < -0.39 is 0 Å². The lowest BCUT2D eigenvalue weighted by atomic mass is 10.0. The number of nitrogens with zero attached hydrogens (tertiary/aromatic N) is 1. The van der Waals surface area contributed by atoms with Gasteiger partial charge in [0.2, 0.25) is 0 Å². The van der Waals surface area contributed by atoms with Gasteiger partial charge in [-0.1, -0.05) is 6.42 Å². The van der Waals surface area contributed by atoms with Crippen LogP contribution in [0.5, 0.6) is 0 Å². The van der Waals surface area contributed by atoms with Gasteiger partial charge in [-0.05, 0) is 0 Å². The van der Waals surface area contributed by atoms with Crippen LogP contribution in [0.3, 0.4) is 0 Å². The van der Waals surface area contributed by atoms with Gasteiger partial charge in [0.15, 0.2) is 0 Å². The SMILES string of the molecule is C[C-]1CC[N+]1(C)C. The highest BCUT2D eigenvalue weighted by atomic mass is 15.4. The summed E-state index contributed by atoms with van der Waals surface area (Å²) in [5.41, 5.74) is 0. The van der Waals surface area contributed by atoms with Gasteiger partial charge in [-0.15, -0.1) is 13.0 Å². The minimum Gasteiger partial charge on any atom is -0.459 e. The van der Waals surface area contributed by atoms with E-state index in [1.165, 1.54) is 13.0 Å². The van der Waals surface area contributed by atoms with Crippen LogP contribution in [-0.2, 0) is 0 Å². The van der Waals surface area contributed by atoms with Crippen molar-refractivity contribution in [1.82, 2.24) is 0 Å². The minimum atomic E-state index is 1.15. The number of rotatable bonds is 0.